The highest BCUT2D eigenvalue weighted by Gasteiger charge is 2.17. The van der Waals surface area contributed by atoms with E-state index < -0.39 is 0 Å². The van der Waals surface area contributed by atoms with Gasteiger partial charge in [-0.2, -0.15) is 0 Å². The molecular formula is C13H18FNO2. The van der Waals surface area contributed by atoms with Crippen molar-refractivity contribution in [3.63, 3.8) is 0 Å². The van der Waals surface area contributed by atoms with Crippen LogP contribution in [0.2, 0.25) is 0 Å². The second kappa shape index (κ2) is 5.47. The maximum atomic E-state index is 13.7. The lowest BCUT2D eigenvalue weighted by Gasteiger charge is -2.13. The van der Waals surface area contributed by atoms with Gasteiger partial charge in [0.1, 0.15) is 6.61 Å². The lowest BCUT2D eigenvalue weighted by Crippen LogP contribution is -2.16. The highest BCUT2D eigenvalue weighted by molar-refractivity contribution is 5.30. The van der Waals surface area contributed by atoms with Crippen molar-refractivity contribution in [3.05, 3.63) is 29.6 Å². The molecule has 0 bridgehead atoms. The number of benzene rings is 1. The largest absolute Gasteiger partial charge is 0.488 e. The molecule has 1 aliphatic rings. The zero-order valence-electron chi connectivity index (χ0n) is 9.99. The van der Waals surface area contributed by atoms with E-state index in [4.69, 9.17) is 15.2 Å². The SMILES string of the molecule is C[C@H](N)c1ccc(OCC2CCCO2)c(F)c1. The fraction of sp³-hybridized carbons (Fsp3) is 0.538. The first-order valence-electron chi connectivity index (χ1n) is 5.96. The summed E-state index contributed by atoms with van der Waals surface area (Å²) in [4.78, 5) is 0. The summed E-state index contributed by atoms with van der Waals surface area (Å²) in [7, 11) is 0. The first-order chi connectivity index (χ1) is 8.16. The lowest BCUT2D eigenvalue weighted by atomic mass is 10.1. The summed E-state index contributed by atoms with van der Waals surface area (Å²) in [6, 6.07) is 4.67. The van der Waals surface area contributed by atoms with Crippen molar-refractivity contribution in [2.45, 2.75) is 31.9 Å². The van der Waals surface area contributed by atoms with E-state index in [1.54, 1.807) is 12.1 Å². The van der Waals surface area contributed by atoms with Gasteiger partial charge in [-0.25, -0.2) is 4.39 Å². The molecule has 1 aliphatic heterocycles. The van der Waals surface area contributed by atoms with Gasteiger partial charge in [0.2, 0.25) is 0 Å². The first-order valence-corrected chi connectivity index (χ1v) is 5.96. The molecule has 1 aromatic carbocycles. The number of rotatable bonds is 4. The second-order valence-corrected chi connectivity index (χ2v) is 4.42. The average Bonchev–Trinajstić information content (AvgIpc) is 2.80. The molecule has 1 unspecified atom stereocenters. The van der Waals surface area contributed by atoms with Gasteiger partial charge in [-0.1, -0.05) is 6.07 Å². The van der Waals surface area contributed by atoms with Crippen molar-refractivity contribution in [1.82, 2.24) is 0 Å². The second-order valence-electron chi connectivity index (χ2n) is 4.42. The smallest absolute Gasteiger partial charge is 0.165 e. The Balaban J connectivity index is 1.96. The summed E-state index contributed by atoms with van der Waals surface area (Å²) in [5.41, 5.74) is 6.45. The fourth-order valence-electron chi connectivity index (χ4n) is 1.88. The molecule has 0 spiro atoms. The highest BCUT2D eigenvalue weighted by Crippen LogP contribution is 2.22. The summed E-state index contributed by atoms with van der Waals surface area (Å²) in [6.07, 6.45) is 2.14. The third kappa shape index (κ3) is 3.17. The highest BCUT2D eigenvalue weighted by atomic mass is 19.1. The summed E-state index contributed by atoms with van der Waals surface area (Å²) >= 11 is 0. The third-order valence-corrected chi connectivity index (χ3v) is 2.93. The number of hydrogen-bond acceptors (Lipinski definition) is 3. The molecule has 1 saturated heterocycles. The van der Waals surface area contributed by atoms with Crippen LogP contribution in [0.3, 0.4) is 0 Å². The molecule has 1 fully saturated rings. The average molecular weight is 239 g/mol. The van der Waals surface area contributed by atoms with Crippen molar-refractivity contribution in [2.75, 3.05) is 13.2 Å². The van der Waals surface area contributed by atoms with Gasteiger partial charge in [0, 0.05) is 12.6 Å². The van der Waals surface area contributed by atoms with Crippen LogP contribution in [0, 0.1) is 5.82 Å². The molecule has 0 amide bonds. The fourth-order valence-corrected chi connectivity index (χ4v) is 1.88. The van der Waals surface area contributed by atoms with Crippen LogP contribution in [-0.2, 0) is 4.74 Å². The van der Waals surface area contributed by atoms with Gasteiger partial charge in [-0.05, 0) is 37.5 Å². The normalized spacial score (nSPS) is 21.5. The predicted octanol–water partition coefficient (Wildman–Crippen LogP) is 2.40. The van der Waals surface area contributed by atoms with Crippen molar-refractivity contribution < 1.29 is 13.9 Å². The van der Waals surface area contributed by atoms with E-state index in [9.17, 15) is 4.39 Å². The van der Waals surface area contributed by atoms with Crippen LogP contribution in [0.1, 0.15) is 31.4 Å². The Bertz CT molecular complexity index is 376. The Hall–Kier alpha value is -1.13. The zero-order chi connectivity index (χ0) is 12.3. The Morgan fingerprint density at radius 3 is 3.00 bits per heavy atom. The van der Waals surface area contributed by atoms with E-state index in [2.05, 4.69) is 0 Å². The molecule has 0 aromatic heterocycles. The maximum Gasteiger partial charge on any atom is 0.165 e. The molecule has 0 aliphatic carbocycles. The molecule has 3 nitrogen and oxygen atoms in total. The molecule has 1 aromatic rings. The molecule has 2 atom stereocenters. The minimum absolute atomic E-state index is 0.0995. The molecule has 2 N–H and O–H groups in total. The van der Waals surface area contributed by atoms with Crippen molar-refractivity contribution in [2.24, 2.45) is 5.73 Å². The van der Waals surface area contributed by atoms with E-state index in [0.717, 1.165) is 25.0 Å². The van der Waals surface area contributed by atoms with Crippen LogP contribution in [0.25, 0.3) is 0 Å². The van der Waals surface area contributed by atoms with Gasteiger partial charge in [0.05, 0.1) is 6.10 Å². The lowest BCUT2D eigenvalue weighted by molar-refractivity contribution is 0.0665. The Labute approximate surface area is 101 Å². The van der Waals surface area contributed by atoms with Crippen molar-refractivity contribution in [1.29, 1.82) is 0 Å². The van der Waals surface area contributed by atoms with Gasteiger partial charge in [0.25, 0.3) is 0 Å². The molecule has 17 heavy (non-hydrogen) atoms. The Kier molecular flexibility index (Phi) is 3.97. The van der Waals surface area contributed by atoms with E-state index >= 15 is 0 Å². The van der Waals surface area contributed by atoms with Crippen LogP contribution < -0.4 is 10.5 Å². The summed E-state index contributed by atoms with van der Waals surface area (Å²) < 4.78 is 24.5. The van der Waals surface area contributed by atoms with E-state index in [1.165, 1.54) is 6.07 Å². The molecule has 94 valence electrons. The van der Waals surface area contributed by atoms with Crippen molar-refractivity contribution in [3.8, 4) is 5.75 Å². The molecule has 0 radical (unpaired) electrons. The van der Waals surface area contributed by atoms with Crippen LogP contribution in [0.4, 0.5) is 4.39 Å². The van der Waals surface area contributed by atoms with E-state index in [0.29, 0.717) is 6.61 Å². The summed E-state index contributed by atoms with van der Waals surface area (Å²) in [5, 5.41) is 0. The molecule has 1 heterocycles. The van der Waals surface area contributed by atoms with Gasteiger partial charge in [-0.15, -0.1) is 0 Å². The topological polar surface area (TPSA) is 44.5 Å². The minimum Gasteiger partial charge on any atom is -0.488 e. The number of nitrogens with two attached hydrogens (primary N) is 1. The number of halogens is 1. The Morgan fingerprint density at radius 1 is 1.59 bits per heavy atom. The van der Waals surface area contributed by atoms with Gasteiger partial charge >= 0.3 is 0 Å². The first kappa shape index (κ1) is 12.3. The maximum absolute atomic E-state index is 13.7. The predicted molar refractivity (Wildman–Crippen MR) is 63.5 cm³/mol. The van der Waals surface area contributed by atoms with E-state index in [-0.39, 0.29) is 23.7 Å². The molecule has 4 heteroatoms. The Morgan fingerprint density at radius 2 is 2.41 bits per heavy atom. The van der Waals surface area contributed by atoms with Gasteiger partial charge < -0.3 is 15.2 Å². The van der Waals surface area contributed by atoms with Gasteiger partial charge in [0.15, 0.2) is 11.6 Å². The van der Waals surface area contributed by atoms with Crippen LogP contribution in [-0.4, -0.2) is 19.3 Å². The standard InChI is InChI=1S/C13H18FNO2/c1-9(15)10-4-5-13(12(14)7-10)17-8-11-3-2-6-16-11/h4-5,7,9,11H,2-3,6,8,15H2,1H3/t9-,11?/m0/s1. The molecule has 2 rings (SSSR count). The number of hydrogen-bond donors (Lipinski definition) is 1. The van der Waals surface area contributed by atoms with Crippen molar-refractivity contribution >= 4 is 0 Å². The van der Waals surface area contributed by atoms with Crippen LogP contribution >= 0.6 is 0 Å². The number of ether oxygens (including phenoxy) is 2. The quantitative estimate of drug-likeness (QED) is 0.877. The van der Waals surface area contributed by atoms with E-state index in [1.807, 2.05) is 6.92 Å². The summed E-state index contributed by atoms with van der Waals surface area (Å²) in [5.74, 6) is -0.0947. The van der Waals surface area contributed by atoms with Crippen LogP contribution in [0.5, 0.6) is 5.75 Å². The molecular weight excluding hydrogens is 221 g/mol. The summed E-state index contributed by atoms with van der Waals surface area (Å²) in [6.45, 7) is 3.01. The minimum atomic E-state index is -0.363. The third-order valence-electron chi connectivity index (χ3n) is 2.93. The van der Waals surface area contributed by atoms with Crippen LogP contribution in [0.15, 0.2) is 18.2 Å². The molecule has 0 saturated carbocycles. The van der Waals surface area contributed by atoms with Gasteiger partial charge in [-0.3, -0.25) is 0 Å². The zero-order valence-corrected chi connectivity index (χ0v) is 9.99. The monoisotopic (exact) mass is 239 g/mol.